The number of carbonyl (C=O) groups excluding carboxylic acids is 1. The molecule has 1 atom stereocenters. The maximum atomic E-state index is 12.5. The van der Waals surface area contributed by atoms with Gasteiger partial charge in [-0.25, -0.2) is 0 Å². The van der Waals surface area contributed by atoms with E-state index in [2.05, 4.69) is 40.7 Å². The molecular formula is C21H24N4O. The molecule has 1 aliphatic rings. The molecule has 134 valence electrons. The fourth-order valence-corrected chi connectivity index (χ4v) is 3.30. The van der Waals surface area contributed by atoms with Crippen molar-refractivity contribution in [1.29, 1.82) is 5.26 Å². The Balaban J connectivity index is 1.65. The Kier molecular flexibility index (Phi) is 5.43. The number of rotatable bonds is 5. The molecular weight excluding hydrogens is 324 g/mol. The number of hydrogen-bond donors (Lipinski definition) is 2. The molecule has 0 radical (unpaired) electrons. The maximum Gasteiger partial charge on any atom is 0.246 e. The Morgan fingerprint density at radius 1 is 1.19 bits per heavy atom. The van der Waals surface area contributed by atoms with Crippen molar-refractivity contribution in [3.05, 3.63) is 53.6 Å². The van der Waals surface area contributed by atoms with Crippen LogP contribution in [-0.4, -0.2) is 25.0 Å². The Labute approximate surface area is 154 Å². The van der Waals surface area contributed by atoms with Crippen LogP contribution in [0.2, 0.25) is 0 Å². The van der Waals surface area contributed by atoms with Crippen molar-refractivity contribution in [3.63, 3.8) is 0 Å². The van der Waals surface area contributed by atoms with Crippen LogP contribution in [0.5, 0.6) is 0 Å². The molecule has 5 heteroatoms. The molecule has 1 amide bonds. The lowest BCUT2D eigenvalue weighted by atomic mass is 10.1. The van der Waals surface area contributed by atoms with Crippen LogP contribution in [0.1, 0.15) is 30.9 Å². The third-order valence-electron chi connectivity index (χ3n) is 4.73. The van der Waals surface area contributed by atoms with Crippen LogP contribution in [0.15, 0.2) is 42.5 Å². The van der Waals surface area contributed by atoms with E-state index in [9.17, 15) is 4.79 Å². The number of hydrogen-bond acceptors (Lipinski definition) is 4. The lowest BCUT2D eigenvalue weighted by Gasteiger charge is -2.22. The number of aryl methyl sites for hydroxylation is 1. The van der Waals surface area contributed by atoms with E-state index in [1.54, 1.807) is 24.3 Å². The van der Waals surface area contributed by atoms with Gasteiger partial charge in [0.05, 0.1) is 11.3 Å². The molecule has 0 aromatic heterocycles. The molecule has 3 rings (SSSR count). The number of benzene rings is 2. The molecule has 1 aliphatic heterocycles. The van der Waals surface area contributed by atoms with E-state index in [1.165, 1.54) is 24.1 Å². The highest BCUT2D eigenvalue weighted by Gasteiger charge is 2.17. The van der Waals surface area contributed by atoms with Crippen LogP contribution in [0, 0.1) is 18.3 Å². The summed E-state index contributed by atoms with van der Waals surface area (Å²) >= 11 is 0. The predicted octanol–water partition coefficient (Wildman–Crippen LogP) is 3.91. The van der Waals surface area contributed by atoms with Crippen LogP contribution in [0.25, 0.3) is 0 Å². The largest absolute Gasteiger partial charge is 0.374 e. The SMILES string of the molecule is Cc1cc(N[C@@H](C)C(=O)Nc2ccccc2C#N)ccc1N1CCCC1. The topological polar surface area (TPSA) is 68.2 Å². The van der Waals surface area contributed by atoms with Gasteiger partial charge in [0.2, 0.25) is 5.91 Å². The normalized spacial score (nSPS) is 14.6. The average molecular weight is 348 g/mol. The van der Waals surface area contributed by atoms with Crippen molar-refractivity contribution in [2.75, 3.05) is 28.6 Å². The number of para-hydroxylation sites is 1. The second kappa shape index (κ2) is 7.92. The van der Waals surface area contributed by atoms with Gasteiger partial charge in [-0.1, -0.05) is 12.1 Å². The monoisotopic (exact) mass is 348 g/mol. The molecule has 26 heavy (non-hydrogen) atoms. The lowest BCUT2D eigenvalue weighted by Crippen LogP contribution is -2.32. The summed E-state index contributed by atoms with van der Waals surface area (Å²) in [5.41, 5.74) is 4.39. The Morgan fingerprint density at radius 2 is 1.92 bits per heavy atom. The minimum Gasteiger partial charge on any atom is -0.374 e. The highest BCUT2D eigenvalue weighted by molar-refractivity contribution is 5.97. The summed E-state index contributed by atoms with van der Waals surface area (Å²) < 4.78 is 0. The van der Waals surface area contributed by atoms with Crippen LogP contribution < -0.4 is 15.5 Å². The van der Waals surface area contributed by atoms with Gasteiger partial charge in [-0.05, 0) is 62.6 Å². The summed E-state index contributed by atoms with van der Waals surface area (Å²) in [5, 5.41) is 15.2. The van der Waals surface area contributed by atoms with Gasteiger partial charge in [-0.3, -0.25) is 4.79 Å². The second-order valence-electron chi connectivity index (χ2n) is 6.71. The number of amides is 1. The first-order valence-electron chi connectivity index (χ1n) is 9.00. The summed E-state index contributed by atoms with van der Waals surface area (Å²) in [6.07, 6.45) is 2.50. The van der Waals surface area contributed by atoms with Crippen LogP contribution in [0.3, 0.4) is 0 Å². The molecule has 0 unspecified atom stereocenters. The predicted molar refractivity (Wildman–Crippen MR) is 105 cm³/mol. The summed E-state index contributed by atoms with van der Waals surface area (Å²) in [4.78, 5) is 14.9. The van der Waals surface area contributed by atoms with E-state index < -0.39 is 6.04 Å². The van der Waals surface area contributed by atoms with Crippen LogP contribution in [0.4, 0.5) is 17.1 Å². The third kappa shape index (κ3) is 3.97. The molecule has 0 aliphatic carbocycles. The fourth-order valence-electron chi connectivity index (χ4n) is 3.30. The number of nitrogens with one attached hydrogen (secondary N) is 2. The number of anilines is 3. The Morgan fingerprint density at radius 3 is 2.62 bits per heavy atom. The minimum absolute atomic E-state index is 0.172. The van der Waals surface area contributed by atoms with Gasteiger partial charge in [0.1, 0.15) is 12.1 Å². The Hall–Kier alpha value is -3.00. The molecule has 1 heterocycles. The summed E-state index contributed by atoms with van der Waals surface area (Å²) in [7, 11) is 0. The summed E-state index contributed by atoms with van der Waals surface area (Å²) in [5.74, 6) is -0.172. The highest BCUT2D eigenvalue weighted by Crippen LogP contribution is 2.27. The third-order valence-corrected chi connectivity index (χ3v) is 4.73. The zero-order valence-corrected chi connectivity index (χ0v) is 15.2. The van der Waals surface area contributed by atoms with Crippen molar-refractivity contribution >= 4 is 23.0 Å². The zero-order chi connectivity index (χ0) is 18.5. The van der Waals surface area contributed by atoms with E-state index in [1.807, 2.05) is 13.0 Å². The van der Waals surface area contributed by atoms with Crippen molar-refractivity contribution in [2.24, 2.45) is 0 Å². The summed E-state index contributed by atoms with van der Waals surface area (Å²) in [6, 6.07) is 14.9. The lowest BCUT2D eigenvalue weighted by molar-refractivity contribution is -0.116. The fraction of sp³-hybridized carbons (Fsp3) is 0.333. The Bertz CT molecular complexity index is 834. The average Bonchev–Trinajstić information content (AvgIpc) is 3.16. The molecule has 1 fully saturated rings. The highest BCUT2D eigenvalue weighted by atomic mass is 16.2. The van der Waals surface area contributed by atoms with Crippen LogP contribution >= 0.6 is 0 Å². The molecule has 2 N–H and O–H groups in total. The number of nitriles is 1. The molecule has 2 aromatic carbocycles. The molecule has 1 saturated heterocycles. The van der Waals surface area contributed by atoms with E-state index >= 15 is 0 Å². The quantitative estimate of drug-likeness (QED) is 0.860. The van der Waals surface area contributed by atoms with Gasteiger partial charge in [-0.15, -0.1) is 0 Å². The van der Waals surface area contributed by atoms with E-state index in [-0.39, 0.29) is 5.91 Å². The molecule has 2 aromatic rings. The van der Waals surface area contributed by atoms with E-state index in [0.717, 1.165) is 18.8 Å². The summed E-state index contributed by atoms with van der Waals surface area (Å²) in [6.45, 7) is 6.15. The number of carbonyl (C=O) groups is 1. The van der Waals surface area contributed by atoms with Gasteiger partial charge < -0.3 is 15.5 Å². The first kappa shape index (κ1) is 17.8. The first-order valence-corrected chi connectivity index (χ1v) is 9.00. The van der Waals surface area contributed by atoms with Crippen molar-refractivity contribution in [3.8, 4) is 6.07 Å². The standard InChI is InChI=1S/C21H24N4O/c1-15-13-18(9-10-20(15)25-11-5-6-12-25)23-16(2)21(26)24-19-8-4-3-7-17(19)14-22/h3-4,7-10,13,16,23H,5-6,11-12H2,1-2H3,(H,24,26)/t16-/m0/s1. The van der Waals surface area contributed by atoms with Gasteiger partial charge >= 0.3 is 0 Å². The smallest absolute Gasteiger partial charge is 0.246 e. The number of nitrogens with zero attached hydrogens (tertiary/aromatic N) is 2. The van der Waals surface area contributed by atoms with E-state index in [4.69, 9.17) is 5.26 Å². The minimum atomic E-state index is -0.418. The van der Waals surface area contributed by atoms with Gasteiger partial charge in [0, 0.05) is 24.5 Å². The van der Waals surface area contributed by atoms with Crippen molar-refractivity contribution in [1.82, 2.24) is 0 Å². The van der Waals surface area contributed by atoms with Crippen LogP contribution in [-0.2, 0) is 4.79 Å². The molecule has 0 saturated carbocycles. The van der Waals surface area contributed by atoms with Crippen molar-refractivity contribution in [2.45, 2.75) is 32.7 Å². The second-order valence-corrected chi connectivity index (χ2v) is 6.71. The van der Waals surface area contributed by atoms with Crippen molar-refractivity contribution < 1.29 is 4.79 Å². The van der Waals surface area contributed by atoms with Gasteiger partial charge in [0.15, 0.2) is 0 Å². The molecule has 0 spiro atoms. The van der Waals surface area contributed by atoms with E-state index in [0.29, 0.717) is 11.3 Å². The van der Waals surface area contributed by atoms with Gasteiger partial charge in [-0.2, -0.15) is 5.26 Å². The first-order chi connectivity index (χ1) is 12.6. The maximum absolute atomic E-state index is 12.5. The molecule has 0 bridgehead atoms. The zero-order valence-electron chi connectivity index (χ0n) is 15.2. The molecule has 5 nitrogen and oxygen atoms in total. The van der Waals surface area contributed by atoms with Gasteiger partial charge in [0.25, 0.3) is 0 Å².